The van der Waals surface area contributed by atoms with Gasteiger partial charge in [0.2, 0.25) is 0 Å². The minimum atomic E-state index is -0.674. The fraction of sp³-hybridized carbons (Fsp3) is 0.667. The van der Waals surface area contributed by atoms with Crippen LogP contribution in [0.3, 0.4) is 0 Å². The molecule has 1 N–H and O–H groups in total. The van der Waals surface area contributed by atoms with Crippen molar-refractivity contribution in [2.45, 2.75) is 25.8 Å². The van der Waals surface area contributed by atoms with E-state index in [2.05, 4.69) is 16.9 Å². The van der Waals surface area contributed by atoms with Crippen molar-refractivity contribution in [1.82, 2.24) is 14.7 Å². The first-order chi connectivity index (χ1) is 8.09. The van der Waals surface area contributed by atoms with Gasteiger partial charge < -0.3 is 5.11 Å². The van der Waals surface area contributed by atoms with Gasteiger partial charge in [-0.25, -0.2) is 0 Å². The van der Waals surface area contributed by atoms with Crippen LogP contribution in [-0.4, -0.2) is 38.8 Å². The van der Waals surface area contributed by atoms with Crippen LogP contribution in [0.5, 0.6) is 0 Å². The van der Waals surface area contributed by atoms with Gasteiger partial charge in [0, 0.05) is 25.8 Å². The van der Waals surface area contributed by atoms with Crippen LogP contribution in [0, 0.1) is 5.92 Å². The van der Waals surface area contributed by atoms with Crippen molar-refractivity contribution in [1.29, 1.82) is 0 Å². The summed E-state index contributed by atoms with van der Waals surface area (Å²) < 4.78 is 1.86. The van der Waals surface area contributed by atoms with Gasteiger partial charge >= 0.3 is 5.97 Å². The third-order valence-electron chi connectivity index (χ3n) is 3.64. The predicted molar refractivity (Wildman–Crippen MR) is 63.6 cm³/mol. The molecule has 1 aliphatic rings. The zero-order valence-electron chi connectivity index (χ0n) is 10.3. The molecule has 0 saturated carbocycles. The fourth-order valence-corrected chi connectivity index (χ4v) is 2.54. The summed E-state index contributed by atoms with van der Waals surface area (Å²) in [6.07, 6.45) is 3.54. The highest BCUT2D eigenvalue weighted by Crippen LogP contribution is 2.26. The minimum Gasteiger partial charge on any atom is -0.481 e. The van der Waals surface area contributed by atoms with Crippen molar-refractivity contribution < 1.29 is 9.90 Å². The number of carbonyl (C=O) groups is 1. The Labute approximate surface area is 101 Å². The van der Waals surface area contributed by atoms with Crippen molar-refractivity contribution in [2.75, 3.05) is 13.1 Å². The summed E-state index contributed by atoms with van der Waals surface area (Å²) in [5, 5.41) is 13.2. The molecule has 2 atom stereocenters. The van der Waals surface area contributed by atoms with Crippen LogP contribution < -0.4 is 0 Å². The van der Waals surface area contributed by atoms with E-state index in [0.717, 1.165) is 25.1 Å². The molecule has 1 saturated heterocycles. The molecular weight excluding hydrogens is 218 g/mol. The molecular formula is C12H19N3O2. The minimum absolute atomic E-state index is 0.223. The van der Waals surface area contributed by atoms with Crippen LogP contribution in [0.1, 0.15) is 31.5 Å². The van der Waals surface area contributed by atoms with Gasteiger partial charge in [-0.05, 0) is 32.4 Å². The smallest absolute Gasteiger partial charge is 0.307 e. The largest absolute Gasteiger partial charge is 0.481 e. The number of hydrogen-bond donors (Lipinski definition) is 1. The first-order valence-corrected chi connectivity index (χ1v) is 6.04. The average molecular weight is 237 g/mol. The van der Waals surface area contributed by atoms with E-state index in [0.29, 0.717) is 6.54 Å². The molecule has 17 heavy (non-hydrogen) atoms. The first-order valence-electron chi connectivity index (χ1n) is 6.04. The summed E-state index contributed by atoms with van der Waals surface area (Å²) in [6, 6.07) is 2.22. The van der Waals surface area contributed by atoms with Gasteiger partial charge in [0.25, 0.3) is 0 Å². The molecule has 0 amide bonds. The van der Waals surface area contributed by atoms with E-state index >= 15 is 0 Å². The number of carboxylic acids is 1. The number of likely N-dealkylation sites (tertiary alicyclic amines) is 1. The predicted octanol–water partition coefficient (Wildman–Crippen LogP) is 1.28. The first kappa shape index (κ1) is 12.1. The van der Waals surface area contributed by atoms with E-state index < -0.39 is 5.97 Å². The SMILES string of the molecule is CC(c1ccnn1C)N1CCCC(C(=O)O)C1. The Kier molecular flexibility index (Phi) is 3.47. The molecule has 0 aliphatic carbocycles. The van der Waals surface area contributed by atoms with Crippen molar-refractivity contribution in [2.24, 2.45) is 13.0 Å². The van der Waals surface area contributed by atoms with E-state index in [9.17, 15) is 4.79 Å². The lowest BCUT2D eigenvalue weighted by molar-refractivity contribution is -0.143. The maximum absolute atomic E-state index is 11.0. The second-order valence-corrected chi connectivity index (χ2v) is 4.73. The molecule has 0 spiro atoms. The molecule has 1 aromatic rings. The van der Waals surface area contributed by atoms with Crippen LogP contribution in [-0.2, 0) is 11.8 Å². The molecule has 1 aliphatic heterocycles. The summed E-state index contributed by atoms with van der Waals surface area (Å²) in [5.41, 5.74) is 1.14. The Morgan fingerprint density at radius 2 is 2.41 bits per heavy atom. The number of rotatable bonds is 3. The van der Waals surface area contributed by atoms with Gasteiger partial charge in [0.05, 0.1) is 11.6 Å². The number of piperidine rings is 1. The number of aryl methyl sites for hydroxylation is 1. The van der Waals surface area contributed by atoms with Crippen LogP contribution >= 0.6 is 0 Å². The average Bonchev–Trinajstić information content (AvgIpc) is 2.74. The monoisotopic (exact) mass is 237 g/mol. The van der Waals surface area contributed by atoms with Crippen LogP contribution in [0.4, 0.5) is 0 Å². The van der Waals surface area contributed by atoms with Crippen molar-refractivity contribution >= 4 is 5.97 Å². The Hall–Kier alpha value is -1.36. The molecule has 1 aromatic heterocycles. The van der Waals surface area contributed by atoms with E-state index in [1.807, 2.05) is 17.8 Å². The molecule has 5 heteroatoms. The fourth-order valence-electron chi connectivity index (χ4n) is 2.54. The molecule has 2 heterocycles. The molecule has 2 rings (SSSR count). The van der Waals surface area contributed by atoms with E-state index in [1.165, 1.54) is 0 Å². The summed E-state index contributed by atoms with van der Waals surface area (Å²) in [4.78, 5) is 13.3. The molecule has 0 aromatic carbocycles. The molecule has 5 nitrogen and oxygen atoms in total. The molecule has 94 valence electrons. The lowest BCUT2D eigenvalue weighted by Crippen LogP contribution is -2.40. The summed E-state index contributed by atoms with van der Waals surface area (Å²) in [7, 11) is 1.92. The second-order valence-electron chi connectivity index (χ2n) is 4.73. The van der Waals surface area contributed by atoms with Gasteiger partial charge in [0.1, 0.15) is 0 Å². The highest BCUT2D eigenvalue weighted by atomic mass is 16.4. The zero-order valence-corrected chi connectivity index (χ0v) is 10.3. The Morgan fingerprint density at radius 3 is 3.00 bits per heavy atom. The maximum atomic E-state index is 11.0. The van der Waals surface area contributed by atoms with Crippen LogP contribution in [0.15, 0.2) is 12.3 Å². The zero-order chi connectivity index (χ0) is 12.4. The molecule has 2 unspecified atom stereocenters. The lowest BCUT2D eigenvalue weighted by Gasteiger charge is -2.35. The van der Waals surface area contributed by atoms with Gasteiger partial charge in [-0.3, -0.25) is 14.4 Å². The van der Waals surface area contributed by atoms with E-state index in [4.69, 9.17) is 5.11 Å². The van der Waals surface area contributed by atoms with Crippen LogP contribution in [0.2, 0.25) is 0 Å². The Bertz CT molecular complexity index is 402. The Morgan fingerprint density at radius 1 is 1.65 bits per heavy atom. The number of nitrogens with zero attached hydrogens (tertiary/aromatic N) is 3. The standard InChI is InChI=1S/C12H19N3O2/c1-9(11-5-6-13-14(11)2)15-7-3-4-10(8-15)12(16)17/h5-6,9-10H,3-4,7-8H2,1-2H3,(H,16,17). The van der Waals surface area contributed by atoms with E-state index in [1.54, 1.807) is 6.20 Å². The second kappa shape index (κ2) is 4.87. The lowest BCUT2D eigenvalue weighted by atomic mass is 9.96. The number of hydrogen-bond acceptors (Lipinski definition) is 3. The van der Waals surface area contributed by atoms with Gasteiger partial charge in [0.15, 0.2) is 0 Å². The molecule has 0 radical (unpaired) electrons. The normalized spacial score (nSPS) is 23.5. The number of aromatic nitrogens is 2. The number of aliphatic carboxylic acids is 1. The quantitative estimate of drug-likeness (QED) is 0.860. The highest BCUT2D eigenvalue weighted by molar-refractivity contribution is 5.70. The summed E-state index contributed by atoms with van der Waals surface area (Å²) >= 11 is 0. The molecule has 0 bridgehead atoms. The Balaban J connectivity index is 2.07. The van der Waals surface area contributed by atoms with Crippen LogP contribution in [0.25, 0.3) is 0 Å². The third kappa shape index (κ3) is 2.49. The summed E-state index contributed by atoms with van der Waals surface area (Å²) in [5.74, 6) is -0.897. The molecule has 1 fully saturated rings. The maximum Gasteiger partial charge on any atom is 0.307 e. The van der Waals surface area contributed by atoms with Gasteiger partial charge in [-0.2, -0.15) is 5.10 Å². The van der Waals surface area contributed by atoms with E-state index in [-0.39, 0.29) is 12.0 Å². The van der Waals surface area contributed by atoms with Gasteiger partial charge in [-0.1, -0.05) is 0 Å². The van der Waals surface area contributed by atoms with Crippen molar-refractivity contribution in [3.05, 3.63) is 18.0 Å². The van der Waals surface area contributed by atoms with Crippen molar-refractivity contribution in [3.8, 4) is 0 Å². The topological polar surface area (TPSA) is 58.4 Å². The highest BCUT2D eigenvalue weighted by Gasteiger charge is 2.29. The third-order valence-corrected chi connectivity index (χ3v) is 3.64. The summed E-state index contributed by atoms with van der Waals surface area (Å²) in [6.45, 7) is 3.72. The van der Waals surface area contributed by atoms with Crippen molar-refractivity contribution in [3.63, 3.8) is 0 Å². The van der Waals surface area contributed by atoms with Gasteiger partial charge in [-0.15, -0.1) is 0 Å². The number of carboxylic acid groups (broad SMARTS) is 1.